The third-order valence-electron chi connectivity index (χ3n) is 2.62. The van der Waals surface area contributed by atoms with Gasteiger partial charge in [0.05, 0.1) is 22.9 Å². The molecule has 2 heterocycles. The summed E-state index contributed by atoms with van der Waals surface area (Å²) in [7, 11) is 0. The van der Waals surface area contributed by atoms with Gasteiger partial charge in [0.25, 0.3) is 0 Å². The van der Waals surface area contributed by atoms with Gasteiger partial charge in [-0.2, -0.15) is 0 Å². The molecule has 3 rings (SSSR count). The normalized spacial score (nSPS) is 10.4. The largest absolute Gasteiger partial charge is 0.478 e. The Hall–Kier alpha value is -2.40. The molecule has 0 radical (unpaired) electrons. The van der Waals surface area contributed by atoms with Crippen LogP contribution in [0.4, 0.5) is 0 Å². The average molecular weight is 230 g/mol. The van der Waals surface area contributed by atoms with E-state index in [0.717, 1.165) is 16.4 Å². The second kappa shape index (κ2) is 3.88. The van der Waals surface area contributed by atoms with Crippen LogP contribution in [0.15, 0.2) is 42.9 Å². The monoisotopic (exact) mass is 230 g/mol. The van der Waals surface area contributed by atoms with Gasteiger partial charge in [0.1, 0.15) is 0 Å². The van der Waals surface area contributed by atoms with Crippen molar-refractivity contribution >= 4 is 22.4 Å². The van der Waals surface area contributed by atoms with Gasteiger partial charge in [-0.15, -0.1) is 0 Å². The van der Waals surface area contributed by atoms with Crippen molar-refractivity contribution in [3.05, 3.63) is 48.4 Å². The lowest BCUT2D eigenvalue weighted by Crippen LogP contribution is -1.96. The number of aromatic nitrogens is 2. The molecule has 0 unspecified atom stereocenters. The summed E-state index contributed by atoms with van der Waals surface area (Å²) in [6.07, 6.45) is 3.60. The second-order valence-corrected chi connectivity index (χ2v) is 3.58. The van der Waals surface area contributed by atoms with Gasteiger partial charge >= 0.3 is 5.97 Å². The van der Waals surface area contributed by atoms with E-state index in [1.165, 1.54) is 0 Å². The minimum Gasteiger partial charge on any atom is -0.478 e. The van der Waals surface area contributed by atoms with E-state index in [9.17, 15) is 4.79 Å². The number of rotatable bonds is 1. The van der Waals surface area contributed by atoms with Crippen molar-refractivity contribution in [3.8, 4) is 0 Å². The topological polar surface area (TPSA) is 86.1 Å². The molecule has 2 aromatic heterocycles. The Morgan fingerprint density at radius 2 is 2.12 bits per heavy atom. The number of hydrogen-bond acceptors (Lipinski definition) is 2. The molecule has 0 amide bonds. The molecule has 5 nitrogen and oxygen atoms in total. The van der Waals surface area contributed by atoms with E-state index in [2.05, 4.69) is 4.98 Å². The van der Waals surface area contributed by atoms with Gasteiger partial charge in [-0.05, 0) is 30.3 Å². The lowest BCUT2D eigenvalue weighted by molar-refractivity contribution is 0.0697. The number of aromatic carboxylic acids is 1. The molecule has 1 aromatic carbocycles. The number of carboxylic acid groups (broad SMARTS) is 1. The van der Waals surface area contributed by atoms with E-state index in [4.69, 9.17) is 5.11 Å². The highest BCUT2D eigenvalue weighted by atomic mass is 16.4. The van der Waals surface area contributed by atoms with Gasteiger partial charge in [-0.25, -0.2) is 9.78 Å². The van der Waals surface area contributed by atoms with Crippen LogP contribution in [-0.4, -0.2) is 25.9 Å². The molecule has 5 heteroatoms. The van der Waals surface area contributed by atoms with Gasteiger partial charge < -0.3 is 15.0 Å². The van der Waals surface area contributed by atoms with Gasteiger partial charge in [0.15, 0.2) is 0 Å². The molecular formula is C12H10N2O3. The summed E-state index contributed by atoms with van der Waals surface area (Å²) in [6.45, 7) is 0. The molecule has 0 fully saturated rings. The van der Waals surface area contributed by atoms with Crippen molar-refractivity contribution in [1.29, 1.82) is 0 Å². The summed E-state index contributed by atoms with van der Waals surface area (Å²) in [4.78, 5) is 15.1. The Balaban J connectivity index is 0.00000108. The zero-order chi connectivity index (χ0) is 11.1. The zero-order valence-electron chi connectivity index (χ0n) is 8.79. The Kier molecular flexibility index (Phi) is 2.53. The van der Waals surface area contributed by atoms with Crippen LogP contribution in [0.25, 0.3) is 16.4 Å². The Bertz CT molecular complexity index is 703. The molecule has 0 atom stereocenters. The van der Waals surface area contributed by atoms with Crippen LogP contribution in [0.5, 0.6) is 0 Å². The molecule has 3 aromatic rings. The molecule has 3 N–H and O–H groups in total. The minimum absolute atomic E-state index is 0. The van der Waals surface area contributed by atoms with Crippen LogP contribution in [-0.2, 0) is 0 Å². The zero-order valence-corrected chi connectivity index (χ0v) is 8.79. The molecule has 0 spiro atoms. The van der Waals surface area contributed by atoms with Crippen LogP contribution in [0.1, 0.15) is 10.4 Å². The second-order valence-electron chi connectivity index (χ2n) is 3.58. The maximum atomic E-state index is 10.9. The standard InChI is InChI=1S/C12H8N2O2.H2O/c15-12(16)8-3-4-10-9(6-8)11-2-1-5-14(11)7-13-10;/h1-7H,(H,15,16);1H2. The SMILES string of the molecule is O.O=C(O)c1ccc2ncn3cccc3c2c1. The third kappa shape index (κ3) is 1.62. The van der Waals surface area contributed by atoms with E-state index < -0.39 is 5.97 Å². The minimum atomic E-state index is -0.921. The molecular weight excluding hydrogens is 220 g/mol. The van der Waals surface area contributed by atoms with Crippen LogP contribution in [0.2, 0.25) is 0 Å². The number of nitrogens with zero attached hydrogens (tertiary/aromatic N) is 2. The molecule has 0 aliphatic rings. The van der Waals surface area contributed by atoms with Crippen LogP contribution in [0, 0.1) is 0 Å². The Morgan fingerprint density at radius 1 is 1.29 bits per heavy atom. The highest BCUT2D eigenvalue weighted by Gasteiger charge is 2.06. The maximum Gasteiger partial charge on any atom is 0.335 e. The Labute approximate surface area is 96.3 Å². The third-order valence-corrected chi connectivity index (χ3v) is 2.62. The van der Waals surface area contributed by atoms with Crippen LogP contribution < -0.4 is 0 Å². The van der Waals surface area contributed by atoms with Crippen molar-refractivity contribution in [1.82, 2.24) is 9.38 Å². The first-order valence-corrected chi connectivity index (χ1v) is 4.84. The summed E-state index contributed by atoms with van der Waals surface area (Å²) in [5.74, 6) is -0.921. The van der Waals surface area contributed by atoms with Gasteiger partial charge in [0, 0.05) is 11.6 Å². The molecule has 0 aliphatic carbocycles. The lowest BCUT2D eigenvalue weighted by Gasteiger charge is -2.02. The quantitative estimate of drug-likeness (QED) is 0.684. The van der Waals surface area contributed by atoms with Gasteiger partial charge in [-0.1, -0.05) is 0 Å². The van der Waals surface area contributed by atoms with E-state index in [0.29, 0.717) is 0 Å². The highest BCUT2D eigenvalue weighted by molar-refractivity contribution is 5.99. The summed E-state index contributed by atoms with van der Waals surface area (Å²) < 4.78 is 1.87. The Morgan fingerprint density at radius 3 is 2.88 bits per heavy atom. The van der Waals surface area contributed by atoms with Crippen LogP contribution >= 0.6 is 0 Å². The molecule has 0 aliphatic heterocycles. The van der Waals surface area contributed by atoms with Crippen molar-refractivity contribution in [2.75, 3.05) is 0 Å². The number of fused-ring (bicyclic) bond motifs is 3. The van der Waals surface area contributed by atoms with Gasteiger partial charge in [-0.3, -0.25) is 0 Å². The lowest BCUT2D eigenvalue weighted by atomic mass is 10.1. The molecule has 17 heavy (non-hydrogen) atoms. The fourth-order valence-corrected chi connectivity index (χ4v) is 1.83. The maximum absolute atomic E-state index is 10.9. The van der Waals surface area contributed by atoms with Gasteiger partial charge in [0.2, 0.25) is 0 Å². The summed E-state index contributed by atoms with van der Waals surface area (Å²) >= 11 is 0. The fourth-order valence-electron chi connectivity index (χ4n) is 1.83. The molecule has 0 saturated carbocycles. The number of carboxylic acids is 1. The van der Waals surface area contributed by atoms with E-state index in [-0.39, 0.29) is 11.0 Å². The predicted molar refractivity (Wildman–Crippen MR) is 63.3 cm³/mol. The van der Waals surface area contributed by atoms with Crippen molar-refractivity contribution in [2.24, 2.45) is 0 Å². The van der Waals surface area contributed by atoms with E-state index in [1.54, 1.807) is 24.5 Å². The summed E-state index contributed by atoms with van der Waals surface area (Å²) in [6, 6.07) is 8.79. The first kappa shape index (κ1) is 11.1. The van der Waals surface area contributed by atoms with Crippen molar-refractivity contribution in [2.45, 2.75) is 0 Å². The molecule has 0 bridgehead atoms. The van der Waals surface area contributed by atoms with Crippen molar-refractivity contribution in [3.63, 3.8) is 0 Å². The predicted octanol–water partition coefficient (Wildman–Crippen LogP) is 1.36. The number of carbonyl (C=O) groups is 1. The number of benzene rings is 1. The van der Waals surface area contributed by atoms with E-state index in [1.807, 2.05) is 22.7 Å². The first-order chi connectivity index (χ1) is 7.75. The smallest absolute Gasteiger partial charge is 0.335 e. The van der Waals surface area contributed by atoms with Crippen LogP contribution in [0.3, 0.4) is 0 Å². The number of hydrogen-bond donors (Lipinski definition) is 1. The average Bonchev–Trinajstić information content (AvgIpc) is 2.76. The summed E-state index contributed by atoms with van der Waals surface area (Å²) in [5.41, 5.74) is 2.05. The fraction of sp³-hybridized carbons (Fsp3) is 0. The van der Waals surface area contributed by atoms with Crippen molar-refractivity contribution < 1.29 is 15.4 Å². The van der Waals surface area contributed by atoms with E-state index >= 15 is 0 Å². The summed E-state index contributed by atoms with van der Waals surface area (Å²) in [5, 5.41) is 9.79. The first-order valence-electron chi connectivity index (χ1n) is 4.84. The molecule has 0 saturated heterocycles. The molecule has 86 valence electrons. The highest BCUT2D eigenvalue weighted by Crippen LogP contribution is 2.19.